The van der Waals surface area contributed by atoms with E-state index in [9.17, 15) is 5.11 Å². The molecule has 19 heavy (non-hydrogen) atoms. The number of thiophene rings is 1. The minimum atomic E-state index is -0.590. The highest BCUT2D eigenvalue weighted by Crippen LogP contribution is 2.30. The third-order valence-corrected chi connectivity index (χ3v) is 4.59. The molecule has 1 aromatic carbocycles. The van der Waals surface area contributed by atoms with Gasteiger partial charge in [0, 0.05) is 11.1 Å². The van der Waals surface area contributed by atoms with Crippen molar-refractivity contribution in [2.24, 2.45) is 0 Å². The van der Waals surface area contributed by atoms with Gasteiger partial charge in [-0.05, 0) is 63.6 Å². The van der Waals surface area contributed by atoms with Gasteiger partial charge >= 0.3 is 0 Å². The summed E-state index contributed by atoms with van der Waals surface area (Å²) in [5.74, 6) is 0. The molecule has 4 heteroatoms. The van der Waals surface area contributed by atoms with Gasteiger partial charge < -0.3 is 5.11 Å². The highest BCUT2D eigenvalue weighted by molar-refractivity contribution is 9.11. The number of aliphatic hydroxyl groups excluding tert-OH is 1. The molecule has 1 atom stereocenters. The molecule has 3 aromatic rings. The third kappa shape index (κ3) is 2.56. The smallest absolute Gasteiger partial charge is 0.105 e. The van der Waals surface area contributed by atoms with Crippen LogP contribution in [0.1, 0.15) is 22.9 Å². The lowest BCUT2D eigenvalue weighted by molar-refractivity contribution is 0.221. The normalized spacial score (nSPS) is 12.8. The Hall–Kier alpha value is -1.23. The molecule has 3 rings (SSSR count). The lowest BCUT2D eigenvalue weighted by Crippen LogP contribution is -1.98. The Morgan fingerprint density at radius 1 is 1.16 bits per heavy atom. The van der Waals surface area contributed by atoms with Gasteiger partial charge in [0.15, 0.2) is 0 Å². The van der Waals surface area contributed by atoms with Crippen molar-refractivity contribution >= 4 is 38.2 Å². The van der Waals surface area contributed by atoms with E-state index in [4.69, 9.17) is 0 Å². The van der Waals surface area contributed by atoms with Crippen LogP contribution in [-0.4, -0.2) is 10.1 Å². The molecule has 0 saturated heterocycles. The van der Waals surface area contributed by atoms with Crippen LogP contribution in [0.2, 0.25) is 0 Å². The quantitative estimate of drug-likeness (QED) is 0.751. The van der Waals surface area contributed by atoms with Gasteiger partial charge in [0.05, 0.1) is 9.30 Å². The molecule has 0 bridgehead atoms. The number of hydrogen-bond acceptors (Lipinski definition) is 3. The van der Waals surface area contributed by atoms with E-state index in [-0.39, 0.29) is 0 Å². The van der Waals surface area contributed by atoms with Crippen LogP contribution in [0.5, 0.6) is 0 Å². The fraction of sp³-hybridized carbons (Fsp3) is 0.133. The first-order chi connectivity index (χ1) is 9.13. The molecule has 2 nitrogen and oxygen atoms in total. The number of hydrogen-bond donors (Lipinski definition) is 1. The Morgan fingerprint density at radius 2 is 2.00 bits per heavy atom. The van der Waals surface area contributed by atoms with E-state index in [1.54, 1.807) is 11.3 Å². The minimum absolute atomic E-state index is 0.590. The largest absolute Gasteiger partial charge is 0.384 e. The average Bonchev–Trinajstić information content (AvgIpc) is 2.84. The van der Waals surface area contributed by atoms with Gasteiger partial charge in [-0.3, -0.25) is 4.98 Å². The predicted molar refractivity (Wildman–Crippen MR) is 82.6 cm³/mol. The lowest BCUT2D eigenvalue weighted by atomic mass is 10.0. The molecule has 0 radical (unpaired) electrons. The first-order valence-electron chi connectivity index (χ1n) is 5.93. The van der Waals surface area contributed by atoms with Crippen molar-refractivity contribution in [3.8, 4) is 0 Å². The standard InChI is InChI=1S/C15H12BrNOS/c1-9-2-3-10-6-11(4-5-13(10)17-9)15(18)12-7-14(16)19-8-12/h2-8,15,18H,1H3. The second-order valence-corrected chi connectivity index (χ2v) is 6.78. The summed E-state index contributed by atoms with van der Waals surface area (Å²) in [6.07, 6.45) is -0.590. The molecule has 0 saturated carbocycles. The summed E-state index contributed by atoms with van der Waals surface area (Å²) in [5.41, 5.74) is 3.77. The number of pyridine rings is 1. The Kier molecular flexibility index (Phi) is 3.39. The molecule has 1 unspecified atom stereocenters. The fourth-order valence-corrected chi connectivity index (χ4v) is 3.27. The number of aryl methyl sites for hydroxylation is 1. The van der Waals surface area contributed by atoms with E-state index < -0.39 is 6.10 Å². The average molecular weight is 334 g/mol. The Labute approximate surface area is 123 Å². The van der Waals surface area contributed by atoms with Gasteiger partial charge in [-0.2, -0.15) is 0 Å². The summed E-state index contributed by atoms with van der Waals surface area (Å²) in [7, 11) is 0. The summed E-state index contributed by atoms with van der Waals surface area (Å²) < 4.78 is 1.03. The number of rotatable bonds is 2. The van der Waals surface area contributed by atoms with E-state index in [1.165, 1.54) is 0 Å². The van der Waals surface area contributed by atoms with Crippen LogP contribution in [0.25, 0.3) is 10.9 Å². The van der Waals surface area contributed by atoms with Crippen molar-refractivity contribution in [1.82, 2.24) is 4.98 Å². The zero-order valence-electron chi connectivity index (χ0n) is 10.3. The Balaban J connectivity index is 2.03. The zero-order valence-corrected chi connectivity index (χ0v) is 12.7. The van der Waals surface area contributed by atoms with Gasteiger partial charge in [-0.1, -0.05) is 12.1 Å². The summed E-state index contributed by atoms with van der Waals surface area (Å²) in [6, 6.07) is 11.9. The summed E-state index contributed by atoms with van der Waals surface area (Å²) in [6.45, 7) is 1.98. The van der Waals surface area contributed by atoms with Crippen LogP contribution in [0, 0.1) is 6.92 Å². The summed E-state index contributed by atoms with van der Waals surface area (Å²) >= 11 is 5.00. The van der Waals surface area contributed by atoms with E-state index in [2.05, 4.69) is 20.9 Å². The molecule has 0 fully saturated rings. The second-order valence-electron chi connectivity index (χ2n) is 4.49. The zero-order chi connectivity index (χ0) is 13.4. The Bertz CT molecular complexity index is 738. The van der Waals surface area contributed by atoms with E-state index in [1.807, 2.05) is 48.7 Å². The number of fused-ring (bicyclic) bond motifs is 1. The maximum Gasteiger partial charge on any atom is 0.105 e. The van der Waals surface area contributed by atoms with Crippen LogP contribution < -0.4 is 0 Å². The van der Waals surface area contributed by atoms with E-state index in [0.29, 0.717) is 0 Å². The SMILES string of the molecule is Cc1ccc2cc(C(O)c3csc(Br)c3)ccc2n1. The maximum atomic E-state index is 10.4. The van der Waals surface area contributed by atoms with Crippen molar-refractivity contribution in [3.63, 3.8) is 0 Å². The number of aromatic nitrogens is 1. The minimum Gasteiger partial charge on any atom is -0.384 e. The van der Waals surface area contributed by atoms with Crippen molar-refractivity contribution in [3.05, 3.63) is 62.4 Å². The van der Waals surface area contributed by atoms with Gasteiger partial charge in [0.2, 0.25) is 0 Å². The second kappa shape index (κ2) is 5.04. The maximum absolute atomic E-state index is 10.4. The molecule has 2 aromatic heterocycles. The van der Waals surface area contributed by atoms with Gasteiger partial charge in [-0.15, -0.1) is 11.3 Å². The predicted octanol–water partition coefficient (Wildman–Crippen LogP) is 4.45. The van der Waals surface area contributed by atoms with Crippen molar-refractivity contribution in [2.45, 2.75) is 13.0 Å². The number of nitrogens with zero attached hydrogens (tertiary/aromatic N) is 1. The fourth-order valence-electron chi connectivity index (χ4n) is 2.08. The molecular formula is C15H12BrNOS. The molecule has 96 valence electrons. The molecule has 1 N–H and O–H groups in total. The van der Waals surface area contributed by atoms with Crippen molar-refractivity contribution in [2.75, 3.05) is 0 Å². The monoisotopic (exact) mass is 333 g/mol. The number of halogens is 1. The highest BCUT2D eigenvalue weighted by Gasteiger charge is 2.12. The number of aliphatic hydroxyl groups is 1. The molecule has 0 spiro atoms. The topological polar surface area (TPSA) is 33.1 Å². The van der Waals surface area contributed by atoms with E-state index >= 15 is 0 Å². The van der Waals surface area contributed by atoms with Gasteiger partial charge in [0.25, 0.3) is 0 Å². The molecule has 0 aliphatic heterocycles. The van der Waals surface area contributed by atoms with Crippen LogP contribution in [-0.2, 0) is 0 Å². The van der Waals surface area contributed by atoms with Crippen molar-refractivity contribution in [1.29, 1.82) is 0 Å². The molecule has 0 aliphatic carbocycles. The molecular weight excluding hydrogens is 322 g/mol. The van der Waals surface area contributed by atoms with E-state index in [0.717, 1.165) is 31.5 Å². The third-order valence-electron chi connectivity index (χ3n) is 3.07. The van der Waals surface area contributed by atoms with Gasteiger partial charge in [-0.25, -0.2) is 0 Å². The summed E-state index contributed by atoms with van der Waals surface area (Å²) in [4.78, 5) is 4.47. The van der Waals surface area contributed by atoms with Crippen molar-refractivity contribution < 1.29 is 5.11 Å². The molecule has 2 heterocycles. The van der Waals surface area contributed by atoms with Crippen LogP contribution in [0.15, 0.2) is 45.6 Å². The van der Waals surface area contributed by atoms with Gasteiger partial charge in [0.1, 0.15) is 6.10 Å². The van der Waals surface area contributed by atoms with Crippen LogP contribution in [0.3, 0.4) is 0 Å². The molecule has 0 aliphatic rings. The van der Waals surface area contributed by atoms with Crippen LogP contribution in [0.4, 0.5) is 0 Å². The number of benzene rings is 1. The lowest BCUT2D eigenvalue weighted by Gasteiger charge is -2.10. The summed E-state index contributed by atoms with van der Waals surface area (Å²) in [5, 5.41) is 13.4. The first kappa shape index (κ1) is 12.8. The highest BCUT2D eigenvalue weighted by atomic mass is 79.9. The van der Waals surface area contributed by atoms with Crippen LogP contribution >= 0.6 is 27.3 Å². The molecule has 0 amide bonds. The Morgan fingerprint density at radius 3 is 2.74 bits per heavy atom. The first-order valence-corrected chi connectivity index (χ1v) is 7.60.